The quantitative estimate of drug-likeness (QED) is 0.306. The summed E-state index contributed by atoms with van der Waals surface area (Å²) in [6.45, 7) is 5.10. The number of aromatic carboxylic acids is 1. The summed E-state index contributed by atoms with van der Waals surface area (Å²) in [5.41, 5.74) is 4.40. The number of hydrogen-bond acceptors (Lipinski definition) is 4. The largest absolute Gasteiger partial charge is 0.475 e. The summed E-state index contributed by atoms with van der Waals surface area (Å²) in [7, 11) is 0. The lowest BCUT2D eigenvalue weighted by Gasteiger charge is -2.22. The van der Waals surface area contributed by atoms with E-state index in [4.69, 9.17) is 4.42 Å². The van der Waals surface area contributed by atoms with Gasteiger partial charge in [-0.15, -0.1) is 0 Å². The summed E-state index contributed by atoms with van der Waals surface area (Å²) in [5, 5.41) is 10.1. The van der Waals surface area contributed by atoms with Gasteiger partial charge in [0, 0.05) is 28.9 Å². The third kappa shape index (κ3) is 5.03. The van der Waals surface area contributed by atoms with Gasteiger partial charge in [-0.1, -0.05) is 36.4 Å². The second-order valence-electron chi connectivity index (χ2n) is 7.78. The predicted molar refractivity (Wildman–Crippen MR) is 125 cm³/mol. The van der Waals surface area contributed by atoms with Crippen molar-refractivity contribution in [1.29, 1.82) is 0 Å². The minimum absolute atomic E-state index is 0.0292. The van der Waals surface area contributed by atoms with Gasteiger partial charge in [0.25, 0.3) is 0 Å². The van der Waals surface area contributed by atoms with Gasteiger partial charge in [-0.05, 0) is 79.2 Å². The fraction of sp³-hybridized carbons (Fsp3) is 0.192. The van der Waals surface area contributed by atoms with Crippen molar-refractivity contribution in [3.05, 3.63) is 101 Å². The Morgan fingerprint density at radius 1 is 1.06 bits per heavy atom. The Morgan fingerprint density at radius 3 is 2.59 bits per heavy atom. The third-order valence-corrected chi connectivity index (χ3v) is 6.52. The van der Waals surface area contributed by atoms with Gasteiger partial charge in [-0.2, -0.15) is 0 Å². The van der Waals surface area contributed by atoms with Crippen molar-refractivity contribution in [1.82, 2.24) is 4.31 Å². The van der Waals surface area contributed by atoms with E-state index in [1.165, 1.54) is 11.6 Å². The first kappa shape index (κ1) is 22.1. The molecule has 0 aliphatic heterocycles. The van der Waals surface area contributed by atoms with Crippen molar-refractivity contribution in [3.63, 3.8) is 0 Å². The van der Waals surface area contributed by atoms with Crippen LogP contribution >= 0.6 is 11.9 Å². The number of nitrogens with zero attached hydrogens (tertiary/aromatic N) is 1. The van der Waals surface area contributed by atoms with Crippen molar-refractivity contribution < 1.29 is 18.7 Å². The lowest BCUT2D eigenvalue weighted by Crippen LogP contribution is -2.19. The highest BCUT2D eigenvalue weighted by molar-refractivity contribution is 7.97. The van der Waals surface area contributed by atoms with Crippen molar-refractivity contribution >= 4 is 28.9 Å². The fourth-order valence-corrected chi connectivity index (χ4v) is 4.65. The molecule has 4 nitrogen and oxygen atoms in total. The summed E-state index contributed by atoms with van der Waals surface area (Å²) in [5.74, 6) is -1.34. The minimum atomic E-state index is -1.07. The number of carbonyl (C=O) groups is 1. The molecule has 0 radical (unpaired) electrons. The van der Waals surface area contributed by atoms with Gasteiger partial charge in [0.05, 0.1) is 0 Å². The maximum Gasteiger partial charge on any atom is 0.372 e. The molecule has 0 bridgehead atoms. The third-order valence-electron chi connectivity index (χ3n) is 5.49. The number of hydrogen-bond donors (Lipinski definition) is 1. The van der Waals surface area contributed by atoms with Crippen LogP contribution in [-0.4, -0.2) is 21.9 Å². The second-order valence-corrected chi connectivity index (χ2v) is 8.95. The Kier molecular flexibility index (Phi) is 6.63. The summed E-state index contributed by atoms with van der Waals surface area (Å²) >= 11 is 1.58. The van der Waals surface area contributed by atoms with Crippen molar-refractivity contribution in [2.45, 2.75) is 31.7 Å². The lowest BCUT2D eigenvalue weighted by molar-refractivity contribution is 0.0664. The zero-order valence-electron chi connectivity index (χ0n) is 18.0. The van der Waals surface area contributed by atoms with Crippen molar-refractivity contribution in [2.75, 3.05) is 6.54 Å². The first-order chi connectivity index (χ1) is 15.4. The molecule has 164 valence electrons. The minimum Gasteiger partial charge on any atom is -0.475 e. The number of benzene rings is 3. The Bertz CT molecular complexity index is 1250. The Balaban J connectivity index is 1.60. The number of furan rings is 1. The number of fused-ring (bicyclic) bond motifs is 1. The maximum absolute atomic E-state index is 13.9. The average Bonchev–Trinajstić information content (AvgIpc) is 3.11. The van der Waals surface area contributed by atoms with Crippen LogP contribution in [0.2, 0.25) is 0 Å². The highest BCUT2D eigenvalue weighted by atomic mass is 32.2. The van der Waals surface area contributed by atoms with E-state index in [9.17, 15) is 14.3 Å². The molecule has 3 aromatic carbocycles. The molecule has 0 saturated heterocycles. The Morgan fingerprint density at radius 2 is 1.84 bits per heavy atom. The van der Waals surface area contributed by atoms with Crippen LogP contribution in [0.4, 0.5) is 4.39 Å². The first-order valence-corrected chi connectivity index (χ1v) is 11.2. The smallest absolute Gasteiger partial charge is 0.372 e. The standard InChI is InChI=1S/C26H24FNO3S/c1-17-8-9-21(27)14-20(17)16-28(13-12-19-6-4-3-5-7-19)32-22-10-11-24-23(15-22)18(2)25(31-24)26(29)30/h3-11,14-15H,12-13,16H2,1-2H3,(H,29,30). The highest BCUT2D eigenvalue weighted by Gasteiger charge is 2.18. The van der Waals surface area contributed by atoms with E-state index >= 15 is 0 Å². The number of aryl methyl sites for hydroxylation is 2. The molecular formula is C26H24FNO3S. The molecule has 1 heterocycles. The van der Waals surface area contributed by atoms with Crippen molar-refractivity contribution in [2.24, 2.45) is 0 Å². The van der Waals surface area contributed by atoms with E-state index in [-0.39, 0.29) is 11.6 Å². The van der Waals surface area contributed by atoms with Gasteiger partial charge in [-0.25, -0.2) is 13.5 Å². The topological polar surface area (TPSA) is 53.7 Å². The van der Waals surface area contributed by atoms with Crippen molar-refractivity contribution in [3.8, 4) is 0 Å². The zero-order valence-corrected chi connectivity index (χ0v) is 18.8. The molecule has 0 saturated carbocycles. The lowest BCUT2D eigenvalue weighted by atomic mass is 10.1. The summed E-state index contributed by atoms with van der Waals surface area (Å²) in [6, 6.07) is 20.8. The zero-order chi connectivity index (χ0) is 22.7. The molecule has 4 aromatic rings. The van der Waals surface area contributed by atoms with Crippen LogP contribution < -0.4 is 0 Å². The Labute approximate surface area is 190 Å². The number of carboxylic acids is 1. The van der Waals surface area contributed by atoms with E-state index in [1.54, 1.807) is 37.1 Å². The molecule has 0 amide bonds. The van der Waals surface area contributed by atoms with E-state index < -0.39 is 5.97 Å². The van der Waals surface area contributed by atoms with Crippen LogP contribution in [0.3, 0.4) is 0 Å². The molecule has 1 N–H and O–H groups in total. The van der Waals surface area contributed by atoms with Gasteiger partial charge in [0.2, 0.25) is 5.76 Å². The van der Waals surface area contributed by atoms with E-state index in [0.29, 0.717) is 17.7 Å². The normalized spacial score (nSPS) is 11.4. The maximum atomic E-state index is 13.9. The van der Waals surface area contributed by atoms with Gasteiger partial charge >= 0.3 is 5.97 Å². The molecule has 32 heavy (non-hydrogen) atoms. The van der Waals surface area contributed by atoms with Crippen LogP contribution in [0.5, 0.6) is 0 Å². The van der Waals surface area contributed by atoms with E-state index in [0.717, 1.165) is 34.4 Å². The van der Waals surface area contributed by atoms with Crippen LogP contribution in [0, 0.1) is 19.7 Å². The highest BCUT2D eigenvalue weighted by Crippen LogP contribution is 2.32. The molecular weight excluding hydrogens is 425 g/mol. The number of rotatable bonds is 8. The van der Waals surface area contributed by atoms with Crippen LogP contribution in [0.1, 0.15) is 32.8 Å². The van der Waals surface area contributed by atoms with Gasteiger partial charge in [0.15, 0.2) is 0 Å². The molecule has 0 fully saturated rings. The molecule has 0 unspecified atom stereocenters. The molecule has 0 atom stereocenters. The van der Waals surface area contributed by atoms with Crippen LogP contribution in [0.15, 0.2) is 76.0 Å². The van der Waals surface area contributed by atoms with Gasteiger partial charge in [-0.3, -0.25) is 0 Å². The average molecular weight is 450 g/mol. The molecule has 0 aliphatic carbocycles. The molecule has 0 spiro atoms. The SMILES string of the molecule is Cc1ccc(F)cc1CN(CCc1ccccc1)Sc1ccc2oc(C(=O)O)c(C)c2c1. The first-order valence-electron chi connectivity index (χ1n) is 10.4. The predicted octanol–water partition coefficient (Wildman–Crippen LogP) is 6.64. The van der Waals surface area contributed by atoms with Gasteiger partial charge in [0.1, 0.15) is 11.4 Å². The molecule has 0 aliphatic rings. The fourth-order valence-electron chi connectivity index (χ4n) is 3.67. The second kappa shape index (κ2) is 9.59. The summed E-state index contributed by atoms with van der Waals surface area (Å²) < 4.78 is 21.6. The number of halogens is 1. The van der Waals surface area contributed by atoms with Gasteiger partial charge < -0.3 is 9.52 Å². The molecule has 6 heteroatoms. The van der Waals surface area contributed by atoms with Crippen LogP contribution in [-0.2, 0) is 13.0 Å². The monoisotopic (exact) mass is 449 g/mol. The molecule has 4 rings (SSSR count). The Hall–Kier alpha value is -3.09. The van der Waals surface area contributed by atoms with Crippen LogP contribution in [0.25, 0.3) is 11.0 Å². The van der Waals surface area contributed by atoms with E-state index in [2.05, 4.69) is 16.4 Å². The number of carboxylic acid groups (broad SMARTS) is 1. The van der Waals surface area contributed by atoms with E-state index in [1.807, 2.05) is 37.3 Å². The summed E-state index contributed by atoms with van der Waals surface area (Å²) in [4.78, 5) is 12.4. The summed E-state index contributed by atoms with van der Waals surface area (Å²) in [6.07, 6.45) is 0.859. The molecule has 1 aromatic heterocycles.